The number of rotatable bonds is 0. The van der Waals surface area contributed by atoms with Gasteiger partial charge in [0, 0.05) is 0 Å². The SMILES string of the molecule is C[C]1=[C]([Zr+3])C=[CH][BiH]1.[Cl-].[Cl-].[Cl-]. The molecule has 1 aliphatic heterocycles. The van der Waals surface area contributed by atoms with E-state index in [2.05, 4.69) is 16.8 Å². The Morgan fingerprint density at radius 2 is 1.80 bits per heavy atom. The fraction of sp³-hybridized carbons (Fsp3) is 0.200. The van der Waals surface area contributed by atoms with Gasteiger partial charge in [0.25, 0.3) is 0 Å². The molecule has 0 saturated heterocycles. The fourth-order valence-electron chi connectivity index (χ4n) is 0.453. The molecule has 0 bridgehead atoms. The van der Waals surface area contributed by atoms with Crippen molar-refractivity contribution in [1.29, 1.82) is 0 Å². The van der Waals surface area contributed by atoms with E-state index in [9.17, 15) is 0 Å². The number of hydrogen-bond acceptors (Lipinski definition) is 0. The molecule has 0 fully saturated rings. The predicted molar refractivity (Wildman–Crippen MR) is 29.0 cm³/mol. The molecule has 1 rings (SSSR count). The first kappa shape index (κ1) is 18.0. The van der Waals surface area contributed by atoms with Crippen molar-refractivity contribution in [2.24, 2.45) is 0 Å². The van der Waals surface area contributed by atoms with E-state index in [0.717, 1.165) is 0 Å². The summed E-state index contributed by atoms with van der Waals surface area (Å²) >= 11 is 1.32. The van der Waals surface area contributed by atoms with Gasteiger partial charge in [-0.25, -0.2) is 0 Å². The van der Waals surface area contributed by atoms with Crippen molar-refractivity contribution < 1.29 is 61.9 Å². The zero-order chi connectivity index (χ0) is 5.28. The quantitative estimate of drug-likeness (QED) is 0.308. The summed E-state index contributed by atoms with van der Waals surface area (Å²) in [4.78, 5) is 0. The second-order valence-corrected chi connectivity index (χ2v) is 8.17. The average Bonchev–Trinajstić information content (AvgIpc) is 1.91. The summed E-state index contributed by atoms with van der Waals surface area (Å²) in [5, 5.41) is 0. The number of hydrogen-bond donors (Lipinski definition) is 0. The van der Waals surface area contributed by atoms with Crippen LogP contribution < -0.4 is 37.2 Å². The molecule has 56 valence electrons. The predicted octanol–water partition coefficient (Wildman–Crippen LogP) is -8.26. The summed E-state index contributed by atoms with van der Waals surface area (Å²) in [7, 11) is 0. The zero-order valence-electron chi connectivity index (χ0n) is 5.29. The van der Waals surface area contributed by atoms with Crippen LogP contribution in [0.5, 0.6) is 0 Å². The van der Waals surface area contributed by atoms with E-state index in [-0.39, 0.29) is 60.5 Å². The first-order chi connectivity index (χ1) is 3.30. The van der Waals surface area contributed by atoms with Gasteiger partial charge in [-0.05, 0) is 0 Å². The molecule has 0 amide bonds. The standard InChI is InChI=1S/C5H5.Bi.3ClH.Zr.H/c1-3-5-4-2;;;;;;/h1,3H,2H3;;3*1H;;/q;;;;;+3;/p-3. The van der Waals surface area contributed by atoms with Gasteiger partial charge in [0.05, 0.1) is 0 Å². The van der Waals surface area contributed by atoms with Crippen molar-refractivity contribution in [2.45, 2.75) is 6.92 Å². The van der Waals surface area contributed by atoms with E-state index in [1.165, 1.54) is 0 Å². The Kier molecular flexibility index (Phi) is 16.6. The van der Waals surface area contributed by atoms with Gasteiger partial charge in [0.2, 0.25) is 0 Å². The molecule has 0 aliphatic carbocycles. The summed E-state index contributed by atoms with van der Waals surface area (Å²) in [6, 6.07) is 0. The van der Waals surface area contributed by atoms with Gasteiger partial charge in [-0.2, -0.15) is 0 Å². The summed E-state index contributed by atoms with van der Waals surface area (Å²) < 4.78 is 5.79. The van der Waals surface area contributed by atoms with Gasteiger partial charge in [-0.1, -0.05) is 0 Å². The Balaban J connectivity index is -0.000000163. The molecule has 0 saturated carbocycles. The summed E-state index contributed by atoms with van der Waals surface area (Å²) in [6.07, 6.45) is 2.30. The first-order valence-corrected chi connectivity index (χ1v) is 7.58. The number of halogens is 3. The van der Waals surface area contributed by atoms with Crippen LogP contribution in [0, 0.1) is 0 Å². The smallest absolute Gasteiger partial charge is 1.00 e. The molecule has 0 spiro atoms. The molecular formula is C5H6BiCl3Zr. The van der Waals surface area contributed by atoms with Crippen LogP contribution in [0.1, 0.15) is 6.92 Å². The molecule has 0 unspecified atom stereocenters. The minimum Gasteiger partial charge on any atom is -1.00 e. The van der Waals surface area contributed by atoms with Gasteiger partial charge in [0.15, 0.2) is 0 Å². The monoisotopic (exact) mass is 470 g/mol. The Bertz CT molecular complexity index is 144. The van der Waals surface area contributed by atoms with Crippen LogP contribution in [0.3, 0.4) is 0 Å². The molecule has 5 heteroatoms. The van der Waals surface area contributed by atoms with Gasteiger partial charge >= 0.3 is 71.3 Å². The maximum atomic E-state index is 2.42. The molecule has 0 nitrogen and oxygen atoms in total. The van der Waals surface area contributed by atoms with Crippen molar-refractivity contribution in [3.05, 3.63) is 16.4 Å². The molecule has 1 aliphatic rings. The van der Waals surface area contributed by atoms with Crippen LogP contribution in [0.2, 0.25) is 0 Å². The third kappa shape index (κ3) is 5.73. The van der Waals surface area contributed by atoms with E-state index < -0.39 is 0 Å². The Morgan fingerprint density at radius 1 is 1.30 bits per heavy atom. The minimum absolute atomic E-state index is 0. The van der Waals surface area contributed by atoms with Crippen LogP contribution in [0.25, 0.3) is 0 Å². The molecule has 0 aromatic heterocycles. The summed E-state index contributed by atoms with van der Waals surface area (Å²) in [5.41, 5.74) is 0. The van der Waals surface area contributed by atoms with Gasteiger partial charge in [-0.15, -0.1) is 0 Å². The normalized spacial score (nSPS) is 13.5. The Morgan fingerprint density at radius 3 is 1.90 bits per heavy atom. The minimum atomic E-state index is -0.280. The third-order valence-electron chi connectivity index (χ3n) is 0.954. The average molecular weight is 473 g/mol. The molecule has 10 heavy (non-hydrogen) atoms. The molecule has 0 atom stereocenters. The van der Waals surface area contributed by atoms with Gasteiger partial charge < -0.3 is 37.2 Å². The van der Waals surface area contributed by atoms with Crippen LogP contribution >= 0.6 is 0 Å². The van der Waals surface area contributed by atoms with E-state index in [4.69, 9.17) is 0 Å². The van der Waals surface area contributed by atoms with Crippen molar-refractivity contribution in [2.75, 3.05) is 0 Å². The Labute approximate surface area is 107 Å². The molecule has 1 heterocycles. The maximum Gasteiger partial charge on any atom is -1.00 e. The van der Waals surface area contributed by atoms with E-state index >= 15 is 0 Å². The van der Waals surface area contributed by atoms with Crippen LogP contribution in [0.4, 0.5) is 0 Å². The van der Waals surface area contributed by atoms with Crippen molar-refractivity contribution >= 4 is 23.2 Å². The third-order valence-corrected chi connectivity index (χ3v) is 8.70. The van der Waals surface area contributed by atoms with Gasteiger partial charge in [-0.3, -0.25) is 0 Å². The van der Waals surface area contributed by atoms with E-state index in [0.29, 0.717) is 0 Å². The van der Waals surface area contributed by atoms with Crippen molar-refractivity contribution in [3.63, 3.8) is 0 Å². The molecule has 0 aromatic carbocycles. The topological polar surface area (TPSA) is 0 Å². The molecule has 0 N–H and O–H groups in total. The second kappa shape index (κ2) is 9.21. The molecular weight excluding hydrogens is 467 g/mol. The molecule has 0 radical (unpaired) electrons. The van der Waals surface area contributed by atoms with Crippen LogP contribution in [-0.4, -0.2) is 23.2 Å². The summed E-state index contributed by atoms with van der Waals surface area (Å²) in [5.74, 6) is 0. The largest absolute Gasteiger partial charge is 1.00 e. The van der Waals surface area contributed by atoms with E-state index in [1.54, 1.807) is 31.3 Å². The Hall–Kier alpha value is 2.12. The van der Waals surface area contributed by atoms with E-state index in [1.807, 2.05) is 0 Å². The second-order valence-electron chi connectivity index (χ2n) is 1.52. The van der Waals surface area contributed by atoms with Crippen LogP contribution in [0.15, 0.2) is 16.4 Å². The van der Waals surface area contributed by atoms with Gasteiger partial charge in [0.1, 0.15) is 0 Å². The molecule has 0 aromatic rings. The van der Waals surface area contributed by atoms with Crippen molar-refractivity contribution in [1.82, 2.24) is 0 Å². The fourth-order valence-corrected chi connectivity index (χ4v) is 6.68. The van der Waals surface area contributed by atoms with Crippen LogP contribution in [-0.2, 0) is 24.7 Å². The number of allylic oxidation sites excluding steroid dienone is 3. The summed E-state index contributed by atoms with van der Waals surface area (Å²) in [6.45, 7) is 2.28. The first-order valence-electron chi connectivity index (χ1n) is 2.16. The maximum absolute atomic E-state index is 2.42. The zero-order valence-corrected chi connectivity index (χ0v) is 13.9. The van der Waals surface area contributed by atoms with Crippen molar-refractivity contribution in [3.8, 4) is 0 Å².